The first-order valence-electron chi connectivity index (χ1n) is 6.70. The van der Waals surface area contributed by atoms with E-state index in [-0.39, 0.29) is 5.95 Å². The number of thiazole rings is 1. The Balaban J connectivity index is 1.72. The van der Waals surface area contributed by atoms with E-state index in [1.807, 2.05) is 5.38 Å². The number of hydrogen-bond acceptors (Lipinski definition) is 8. The third-order valence-electron chi connectivity index (χ3n) is 3.16. The molecule has 0 saturated carbocycles. The molecule has 2 aromatic rings. The fraction of sp³-hybridized carbons (Fsp3) is 0.500. The van der Waals surface area contributed by atoms with Gasteiger partial charge in [-0.05, 0) is 19.3 Å². The van der Waals surface area contributed by atoms with E-state index < -0.39 is 0 Å². The molecule has 0 unspecified atom stereocenters. The van der Waals surface area contributed by atoms with Gasteiger partial charge in [0.05, 0.1) is 6.54 Å². The first-order valence-corrected chi connectivity index (χ1v) is 7.58. The van der Waals surface area contributed by atoms with Gasteiger partial charge in [0, 0.05) is 24.7 Å². The summed E-state index contributed by atoms with van der Waals surface area (Å²) in [4.78, 5) is 19.2. The number of aromatic nitrogens is 4. The smallest absolute Gasteiger partial charge is 0.231 e. The standard InChI is InChI=1S/C12H17N7S/c13-10-16-11(15-8-9-14-4-7-20-9)18-12(17-10)19-5-2-1-3-6-19/h4,7H,1-3,5-6,8H2,(H3,13,15,16,17,18). The first kappa shape index (κ1) is 13.0. The molecule has 106 valence electrons. The van der Waals surface area contributed by atoms with Gasteiger partial charge in [-0.1, -0.05) is 0 Å². The lowest BCUT2D eigenvalue weighted by Crippen LogP contribution is -2.31. The third kappa shape index (κ3) is 3.13. The van der Waals surface area contributed by atoms with Gasteiger partial charge >= 0.3 is 0 Å². The molecule has 20 heavy (non-hydrogen) atoms. The van der Waals surface area contributed by atoms with Crippen LogP contribution in [0.4, 0.5) is 17.8 Å². The molecular weight excluding hydrogens is 274 g/mol. The summed E-state index contributed by atoms with van der Waals surface area (Å²) in [5.74, 6) is 1.43. The Bertz CT molecular complexity index is 551. The normalized spacial score (nSPS) is 15.3. The summed E-state index contributed by atoms with van der Waals surface area (Å²) in [6.07, 6.45) is 5.40. The predicted octanol–water partition coefficient (Wildman–Crippen LogP) is 1.51. The van der Waals surface area contributed by atoms with E-state index in [2.05, 4.69) is 30.2 Å². The van der Waals surface area contributed by atoms with Gasteiger partial charge in [-0.3, -0.25) is 0 Å². The average molecular weight is 291 g/mol. The zero-order valence-electron chi connectivity index (χ0n) is 11.1. The van der Waals surface area contributed by atoms with Gasteiger partial charge in [0.25, 0.3) is 0 Å². The fourth-order valence-electron chi connectivity index (χ4n) is 2.19. The molecule has 0 aromatic carbocycles. The molecule has 3 rings (SSSR count). The molecule has 8 heteroatoms. The minimum absolute atomic E-state index is 0.252. The van der Waals surface area contributed by atoms with Crippen molar-refractivity contribution in [3.63, 3.8) is 0 Å². The zero-order valence-corrected chi connectivity index (χ0v) is 11.9. The minimum Gasteiger partial charge on any atom is -0.368 e. The summed E-state index contributed by atoms with van der Waals surface area (Å²) in [6, 6.07) is 0. The summed E-state index contributed by atoms with van der Waals surface area (Å²) in [5.41, 5.74) is 5.77. The molecule has 0 amide bonds. The van der Waals surface area contributed by atoms with Crippen molar-refractivity contribution in [2.75, 3.05) is 29.0 Å². The summed E-state index contributed by atoms with van der Waals surface area (Å²) in [6.45, 7) is 2.56. The Hall–Kier alpha value is -1.96. The van der Waals surface area contributed by atoms with E-state index in [1.54, 1.807) is 17.5 Å². The lowest BCUT2D eigenvalue weighted by molar-refractivity contribution is 0.568. The topological polar surface area (TPSA) is 92.8 Å². The molecule has 2 aromatic heterocycles. The number of nitrogen functional groups attached to an aromatic ring is 1. The highest BCUT2D eigenvalue weighted by Gasteiger charge is 2.15. The maximum absolute atomic E-state index is 5.77. The Kier molecular flexibility index (Phi) is 3.91. The molecule has 1 aliphatic rings. The highest BCUT2D eigenvalue weighted by molar-refractivity contribution is 7.09. The number of rotatable bonds is 4. The van der Waals surface area contributed by atoms with E-state index in [4.69, 9.17) is 5.73 Å². The average Bonchev–Trinajstić information content (AvgIpc) is 2.99. The molecule has 1 fully saturated rings. The van der Waals surface area contributed by atoms with Crippen LogP contribution in [0.3, 0.4) is 0 Å². The van der Waals surface area contributed by atoms with Crippen LogP contribution in [0.5, 0.6) is 0 Å². The monoisotopic (exact) mass is 291 g/mol. The summed E-state index contributed by atoms with van der Waals surface area (Å²) < 4.78 is 0. The van der Waals surface area contributed by atoms with Gasteiger partial charge in [0.1, 0.15) is 5.01 Å². The van der Waals surface area contributed by atoms with Gasteiger partial charge in [-0.25, -0.2) is 4.98 Å². The molecule has 0 radical (unpaired) electrons. The number of anilines is 3. The molecule has 3 N–H and O–H groups in total. The van der Waals surface area contributed by atoms with Gasteiger partial charge in [-0.2, -0.15) is 15.0 Å². The lowest BCUT2D eigenvalue weighted by Gasteiger charge is -2.26. The second kappa shape index (κ2) is 6.00. The van der Waals surface area contributed by atoms with Crippen LogP contribution in [0.15, 0.2) is 11.6 Å². The van der Waals surface area contributed by atoms with E-state index in [0.29, 0.717) is 18.4 Å². The van der Waals surface area contributed by atoms with E-state index in [9.17, 15) is 0 Å². The fourth-order valence-corrected chi connectivity index (χ4v) is 2.75. The number of nitrogens with two attached hydrogens (primary N) is 1. The van der Waals surface area contributed by atoms with Gasteiger partial charge in [0.2, 0.25) is 17.8 Å². The number of nitrogens with zero attached hydrogens (tertiary/aromatic N) is 5. The molecule has 1 saturated heterocycles. The van der Waals surface area contributed by atoms with Crippen molar-refractivity contribution >= 4 is 29.2 Å². The highest BCUT2D eigenvalue weighted by atomic mass is 32.1. The number of hydrogen-bond donors (Lipinski definition) is 2. The van der Waals surface area contributed by atoms with Crippen LogP contribution in [-0.4, -0.2) is 33.0 Å². The molecular formula is C12H17N7S. The first-order chi connectivity index (χ1) is 9.81. The Morgan fingerprint density at radius 3 is 2.80 bits per heavy atom. The zero-order chi connectivity index (χ0) is 13.8. The SMILES string of the molecule is Nc1nc(NCc2nccs2)nc(N2CCCCC2)n1. The van der Waals surface area contributed by atoms with E-state index >= 15 is 0 Å². The maximum atomic E-state index is 5.77. The Morgan fingerprint density at radius 2 is 2.05 bits per heavy atom. The summed E-state index contributed by atoms with van der Waals surface area (Å²) >= 11 is 1.59. The van der Waals surface area contributed by atoms with Crippen LogP contribution in [0.2, 0.25) is 0 Å². The van der Waals surface area contributed by atoms with Crippen LogP contribution in [-0.2, 0) is 6.54 Å². The van der Waals surface area contributed by atoms with Crippen molar-refractivity contribution in [3.8, 4) is 0 Å². The molecule has 0 spiro atoms. The molecule has 7 nitrogen and oxygen atoms in total. The summed E-state index contributed by atoms with van der Waals surface area (Å²) in [7, 11) is 0. The van der Waals surface area contributed by atoms with E-state index in [0.717, 1.165) is 18.1 Å². The number of piperidine rings is 1. The third-order valence-corrected chi connectivity index (χ3v) is 3.94. The highest BCUT2D eigenvalue weighted by Crippen LogP contribution is 2.18. The molecule has 0 bridgehead atoms. The van der Waals surface area contributed by atoms with Gasteiger partial charge < -0.3 is 16.0 Å². The van der Waals surface area contributed by atoms with Crippen molar-refractivity contribution in [3.05, 3.63) is 16.6 Å². The Morgan fingerprint density at radius 1 is 1.20 bits per heavy atom. The maximum Gasteiger partial charge on any atom is 0.231 e. The van der Waals surface area contributed by atoms with Crippen LogP contribution < -0.4 is 16.0 Å². The second-order valence-electron chi connectivity index (χ2n) is 4.64. The van der Waals surface area contributed by atoms with Crippen LogP contribution in [0.25, 0.3) is 0 Å². The van der Waals surface area contributed by atoms with E-state index in [1.165, 1.54) is 19.3 Å². The van der Waals surface area contributed by atoms with Crippen molar-refractivity contribution in [2.24, 2.45) is 0 Å². The molecule has 0 atom stereocenters. The summed E-state index contributed by atoms with van der Waals surface area (Å²) in [5, 5.41) is 6.08. The minimum atomic E-state index is 0.252. The van der Waals surface area contributed by atoms with Gasteiger partial charge in [0.15, 0.2) is 0 Å². The van der Waals surface area contributed by atoms with Crippen LogP contribution in [0, 0.1) is 0 Å². The predicted molar refractivity (Wildman–Crippen MR) is 79.7 cm³/mol. The van der Waals surface area contributed by atoms with Crippen LogP contribution >= 0.6 is 11.3 Å². The van der Waals surface area contributed by atoms with Crippen molar-refractivity contribution < 1.29 is 0 Å². The van der Waals surface area contributed by atoms with Crippen molar-refractivity contribution in [1.82, 2.24) is 19.9 Å². The largest absolute Gasteiger partial charge is 0.368 e. The molecule has 3 heterocycles. The second-order valence-corrected chi connectivity index (χ2v) is 5.62. The number of nitrogens with one attached hydrogen (secondary N) is 1. The van der Waals surface area contributed by atoms with Gasteiger partial charge in [-0.15, -0.1) is 11.3 Å². The molecule has 0 aliphatic carbocycles. The Labute approximate surface area is 121 Å². The lowest BCUT2D eigenvalue weighted by atomic mass is 10.1. The quantitative estimate of drug-likeness (QED) is 0.882. The molecule has 1 aliphatic heterocycles. The van der Waals surface area contributed by atoms with Crippen molar-refractivity contribution in [1.29, 1.82) is 0 Å². The van der Waals surface area contributed by atoms with Crippen molar-refractivity contribution in [2.45, 2.75) is 25.8 Å². The van der Waals surface area contributed by atoms with Crippen LogP contribution in [0.1, 0.15) is 24.3 Å².